The van der Waals surface area contributed by atoms with Gasteiger partial charge in [-0.15, -0.1) is 5.10 Å². The number of rotatable bonds is 6. The number of amides is 1. The van der Waals surface area contributed by atoms with Crippen LogP contribution in [0.25, 0.3) is 0 Å². The van der Waals surface area contributed by atoms with E-state index >= 15 is 0 Å². The van der Waals surface area contributed by atoms with E-state index in [4.69, 9.17) is 4.74 Å². The number of nitrogens with one attached hydrogen (secondary N) is 1. The summed E-state index contributed by atoms with van der Waals surface area (Å²) in [6.45, 7) is 9.10. The molecule has 0 aliphatic carbocycles. The molecule has 0 unspecified atom stereocenters. The Morgan fingerprint density at radius 3 is 2.74 bits per heavy atom. The molecule has 1 N–H and O–H groups in total. The van der Waals surface area contributed by atoms with Crippen LogP contribution in [0.1, 0.15) is 54.2 Å². The summed E-state index contributed by atoms with van der Waals surface area (Å²) in [5, 5.41) is 6.89. The predicted molar refractivity (Wildman–Crippen MR) is 91.4 cm³/mol. The Kier molecular flexibility index (Phi) is 5.85. The van der Waals surface area contributed by atoms with Crippen LogP contribution in [0, 0.1) is 0 Å². The van der Waals surface area contributed by atoms with Crippen molar-refractivity contribution in [1.82, 2.24) is 14.9 Å². The van der Waals surface area contributed by atoms with Crippen LogP contribution in [0.5, 0.6) is 0 Å². The van der Waals surface area contributed by atoms with Gasteiger partial charge in [0.15, 0.2) is 0 Å². The summed E-state index contributed by atoms with van der Waals surface area (Å²) >= 11 is 1.14. The van der Waals surface area contributed by atoms with Gasteiger partial charge in [0, 0.05) is 6.54 Å². The highest BCUT2D eigenvalue weighted by molar-refractivity contribution is 7.08. The number of benzene rings is 1. The summed E-state index contributed by atoms with van der Waals surface area (Å²) < 4.78 is 9.63. The molecule has 6 heteroatoms. The lowest BCUT2D eigenvalue weighted by Gasteiger charge is -2.19. The highest BCUT2D eigenvalue weighted by Crippen LogP contribution is 2.14. The molecule has 1 aromatic carbocycles. The van der Waals surface area contributed by atoms with Crippen molar-refractivity contribution in [3.8, 4) is 0 Å². The molecule has 5 nitrogen and oxygen atoms in total. The largest absolute Gasteiger partial charge is 0.371 e. The summed E-state index contributed by atoms with van der Waals surface area (Å²) in [5.41, 5.74) is 2.73. The van der Waals surface area contributed by atoms with E-state index in [1.807, 2.05) is 45.9 Å². The minimum absolute atomic E-state index is 0.117. The number of nitrogens with zero attached hydrogens (tertiary/aromatic N) is 2. The Morgan fingerprint density at radius 2 is 2.04 bits per heavy atom. The maximum Gasteiger partial charge on any atom is 0.265 e. The molecule has 0 fully saturated rings. The Labute approximate surface area is 141 Å². The molecular formula is C17H23N3O2S. The normalized spacial score (nSPS) is 11.5. The topological polar surface area (TPSA) is 64.1 Å². The van der Waals surface area contributed by atoms with Gasteiger partial charge >= 0.3 is 0 Å². The Morgan fingerprint density at radius 1 is 1.30 bits per heavy atom. The maximum absolute atomic E-state index is 12.2. The van der Waals surface area contributed by atoms with Crippen molar-refractivity contribution in [2.75, 3.05) is 0 Å². The molecule has 0 atom stereocenters. The Balaban J connectivity index is 1.94. The molecule has 23 heavy (non-hydrogen) atoms. The first-order chi connectivity index (χ1) is 10.9. The van der Waals surface area contributed by atoms with Crippen LogP contribution in [-0.2, 0) is 24.3 Å². The summed E-state index contributed by atoms with van der Waals surface area (Å²) in [5.74, 6) is -0.117. The van der Waals surface area contributed by atoms with Crippen molar-refractivity contribution in [2.24, 2.45) is 0 Å². The molecule has 124 valence electrons. The van der Waals surface area contributed by atoms with Crippen LogP contribution in [0.3, 0.4) is 0 Å². The molecule has 2 aromatic rings. The molecule has 0 spiro atoms. The van der Waals surface area contributed by atoms with Gasteiger partial charge in [0.25, 0.3) is 5.91 Å². The lowest BCUT2D eigenvalue weighted by atomic mass is 10.1. The molecule has 1 aromatic heterocycles. The first kappa shape index (κ1) is 17.6. The van der Waals surface area contributed by atoms with Crippen molar-refractivity contribution in [3.05, 3.63) is 46.0 Å². The lowest BCUT2D eigenvalue weighted by Crippen LogP contribution is -2.23. The number of carbonyl (C=O) groups excluding carboxylic acids is 1. The first-order valence-corrected chi connectivity index (χ1v) is 8.47. The third-order valence-electron chi connectivity index (χ3n) is 3.21. The Hall–Kier alpha value is -1.79. The van der Waals surface area contributed by atoms with E-state index in [1.54, 1.807) is 0 Å². The number of hydrogen-bond acceptors (Lipinski definition) is 5. The predicted octanol–water partition coefficient (Wildman–Crippen LogP) is 3.35. The molecule has 0 aliphatic heterocycles. The molecule has 0 saturated carbocycles. The zero-order valence-corrected chi connectivity index (χ0v) is 14.9. The van der Waals surface area contributed by atoms with Crippen molar-refractivity contribution in [2.45, 2.75) is 52.9 Å². The summed E-state index contributed by atoms with van der Waals surface area (Å²) in [7, 11) is 0. The van der Waals surface area contributed by atoms with Crippen molar-refractivity contribution in [1.29, 1.82) is 0 Å². The summed E-state index contributed by atoms with van der Waals surface area (Å²) in [6.07, 6.45) is 0.707. The fourth-order valence-electron chi connectivity index (χ4n) is 2.00. The van der Waals surface area contributed by atoms with Gasteiger partial charge in [-0.1, -0.05) is 35.7 Å². The van der Waals surface area contributed by atoms with Gasteiger partial charge in [-0.2, -0.15) is 0 Å². The van der Waals surface area contributed by atoms with Crippen LogP contribution in [-0.4, -0.2) is 21.1 Å². The van der Waals surface area contributed by atoms with Crippen LogP contribution in [0.2, 0.25) is 0 Å². The second kappa shape index (κ2) is 7.66. The van der Waals surface area contributed by atoms with Crippen LogP contribution >= 0.6 is 11.5 Å². The SMILES string of the molecule is CCc1nnsc1C(=O)NCc1cccc(COC(C)(C)C)c1. The van der Waals surface area contributed by atoms with Crippen LogP contribution < -0.4 is 5.32 Å². The number of hydrogen-bond donors (Lipinski definition) is 1. The van der Waals surface area contributed by atoms with E-state index in [9.17, 15) is 4.79 Å². The fourth-order valence-corrected chi connectivity index (χ4v) is 2.67. The van der Waals surface area contributed by atoms with Gasteiger partial charge in [-0.05, 0) is 49.9 Å². The van der Waals surface area contributed by atoms with E-state index in [-0.39, 0.29) is 11.5 Å². The highest BCUT2D eigenvalue weighted by atomic mass is 32.1. The minimum Gasteiger partial charge on any atom is -0.371 e. The number of ether oxygens (including phenoxy) is 1. The Bertz CT molecular complexity index is 662. The zero-order chi connectivity index (χ0) is 16.9. The zero-order valence-electron chi connectivity index (χ0n) is 14.0. The van der Waals surface area contributed by atoms with Crippen molar-refractivity contribution >= 4 is 17.4 Å². The first-order valence-electron chi connectivity index (χ1n) is 7.70. The molecule has 1 amide bonds. The second-order valence-electron chi connectivity index (χ2n) is 6.31. The van der Waals surface area contributed by atoms with Crippen LogP contribution in [0.4, 0.5) is 0 Å². The van der Waals surface area contributed by atoms with Gasteiger partial charge in [0.05, 0.1) is 17.9 Å². The van der Waals surface area contributed by atoms with Crippen molar-refractivity contribution < 1.29 is 9.53 Å². The third kappa shape index (κ3) is 5.41. The minimum atomic E-state index is -0.167. The van der Waals surface area contributed by atoms with Crippen LogP contribution in [0.15, 0.2) is 24.3 Å². The van der Waals surface area contributed by atoms with Gasteiger partial charge in [-0.25, -0.2) is 0 Å². The monoisotopic (exact) mass is 333 g/mol. The summed E-state index contributed by atoms with van der Waals surface area (Å²) in [6, 6.07) is 8.05. The summed E-state index contributed by atoms with van der Waals surface area (Å²) in [4.78, 5) is 12.8. The molecule has 1 heterocycles. The smallest absolute Gasteiger partial charge is 0.265 e. The molecule has 0 radical (unpaired) electrons. The number of aryl methyl sites for hydroxylation is 1. The quantitative estimate of drug-likeness (QED) is 0.880. The van der Waals surface area contributed by atoms with E-state index < -0.39 is 0 Å². The average molecular weight is 333 g/mol. The van der Waals surface area contributed by atoms with Crippen molar-refractivity contribution in [3.63, 3.8) is 0 Å². The standard InChI is InChI=1S/C17H23N3O2S/c1-5-14-15(23-20-19-14)16(21)18-10-12-7-6-8-13(9-12)11-22-17(2,3)4/h6-9H,5,10-11H2,1-4H3,(H,18,21). The van der Waals surface area contributed by atoms with Gasteiger partial charge in [-0.3, -0.25) is 4.79 Å². The molecular weight excluding hydrogens is 310 g/mol. The lowest BCUT2D eigenvalue weighted by molar-refractivity contribution is -0.0149. The van der Waals surface area contributed by atoms with Gasteiger partial charge in [0.2, 0.25) is 0 Å². The van der Waals surface area contributed by atoms with E-state index in [2.05, 4.69) is 21.0 Å². The molecule has 0 bridgehead atoms. The van der Waals surface area contributed by atoms with E-state index in [1.165, 1.54) is 0 Å². The maximum atomic E-state index is 12.2. The fraction of sp³-hybridized carbons (Fsp3) is 0.471. The van der Waals surface area contributed by atoms with E-state index in [0.717, 1.165) is 28.4 Å². The van der Waals surface area contributed by atoms with Gasteiger partial charge < -0.3 is 10.1 Å². The number of aromatic nitrogens is 2. The average Bonchev–Trinajstić information content (AvgIpc) is 2.99. The van der Waals surface area contributed by atoms with E-state index in [0.29, 0.717) is 24.4 Å². The highest BCUT2D eigenvalue weighted by Gasteiger charge is 2.14. The molecule has 2 rings (SSSR count). The molecule has 0 saturated heterocycles. The second-order valence-corrected chi connectivity index (χ2v) is 7.06. The number of carbonyl (C=O) groups is 1. The van der Waals surface area contributed by atoms with Gasteiger partial charge in [0.1, 0.15) is 4.88 Å². The molecule has 0 aliphatic rings. The third-order valence-corrected chi connectivity index (χ3v) is 3.98.